The standard InChI is InChI=1S/C27H25N5O3S/c1-17(33)32-24(15-23(31-32)20-8-13-25(34-2)26(14-20)35-3)19-6-11-22(12-7-19)30-27(36)29-21-9-4-18(16-28)5-10-21/h4-14,24H,15H2,1-3H3,(H2,29,30,36). The number of methoxy groups -OCH3 is 2. The molecule has 3 aromatic carbocycles. The summed E-state index contributed by atoms with van der Waals surface area (Å²) in [6.07, 6.45) is 0.570. The summed E-state index contributed by atoms with van der Waals surface area (Å²) in [5.74, 6) is 1.11. The number of hydrogen-bond acceptors (Lipinski definition) is 6. The second kappa shape index (κ2) is 10.9. The van der Waals surface area contributed by atoms with Crippen molar-refractivity contribution in [3.8, 4) is 17.6 Å². The summed E-state index contributed by atoms with van der Waals surface area (Å²) < 4.78 is 10.7. The molecule has 36 heavy (non-hydrogen) atoms. The van der Waals surface area contributed by atoms with Crippen molar-refractivity contribution in [1.82, 2.24) is 5.01 Å². The van der Waals surface area contributed by atoms with E-state index in [0.29, 0.717) is 28.6 Å². The zero-order valence-electron chi connectivity index (χ0n) is 20.1. The minimum atomic E-state index is -0.219. The van der Waals surface area contributed by atoms with Crippen LogP contribution in [-0.2, 0) is 4.79 Å². The Morgan fingerprint density at radius 3 is 2.17 bits per heavy atom. The largest absolute Gasteiger partial charge is 0.493 e. The summed E-state index contributed by atoms with van der Waals surface area (Å²) in [4.78, 5) is 12.4. The van der Waals surface area contributed by atoms with Gasteiger partial charge in [0.05, 0.1) is 37.6 Å². The highest BCUT2D eigenvalue weighted by Gasteiger charge is 2.31. The van der Waals surface area contributed by atoms with Crippen LogP contribution in [0.1, 0.15) is 36.1 Å². The van der Waals surface area contributed by atoms with Crippen molar-refractivity contribution in [2.24, 2.45) is 5.10 Å². The molecule has 1 unspecified atom stereocenters. The van der Waals surface area contributed by atoms with E-state index in [2.05, 4.69) is 21.8 Å². The topological polar surface area (TPSA) is 99.0 Å². The Hall–Kier alpha value is -4.42. The van der Waals surface area contributed by atoms with Gasteiger partial charge in [-0.2, -0.15) is 10.4 Å². The van der Waals surface area contributed by atoms with Crippen LogP contribution in [0, 0.1) is 11.3 Å². The summed E-state index contributed by atoms with van der Waals surface area (Å²) >= 11 is 5.40. The predicted molar refractivity (Wildman–Crippen MR) is 143 cm³/mol. The third-order valence-corrected chi connectivity index (χ3v) is 5.98. The molecule has 8 nitrogen and oxygen atoms in total. The van der Waals surface area contributed by atoms with Gasteiger partial charge in [0.25, 0.3) is 0 Å². The summed E-state index contributed by atoms with van der Waals surface area (Å²) in [5.41, 5.74) is 4.80. The van der Waals surface area contributed by atoms with Crippen molar-refractivity contribution in [1.29, 1.82) is 5.26 Å². The van der Waals surface area contributed by atoms with E-state index in [0.717, 1.165) is 28.2 Å². The molecule has 2 N–H and O–H groups in total. The lowest BCUT2D eigenvalue weighted by atomic mass is 9.98. The lowest BCUT2D eigenvalue weighted by molar-refractivity contribution is -0.130. The van der Waals surface area contributed by atoms with Gasteiger partial charge in [-0.05, 0) is 72.4 Å². The number of benzene rings is 3. The van der Waals surface area contributed by atoms with E-state index in [1.165, 1.54) is 11.9 Å². The van der Waals surface area contributed by atoms with Gasteiger partial charge < -0.3 is 20.1 Å². The average Bonchev–Trinajstić information content (AvgIpc) is 3.35. The molecular formula is C27H25N5O3S. The van der Waals surface area contributed by atoms with E-state index >= 15 is 0 Å². The number of amides is 1. The van der Waals surface area contributed by atoms with Crippen LogP contribution in [0.15, 0.2) is 71.8 Å². The average molecular weight is 500 g/mol. The molecule has 0 aliphatic carbocycles. The summed E-state index contributed by atoms with van der Waals surface area (Å²) in [7, 11) is 3.18. The molecule has 182 valence electrons. The number of anilines is 2. The van der Waals surface area contributed by atoms with E-state index in [4.69, 9.17) is 27.0 Å². The number of nitrogens with one attached hydrogen (secondary N) is 2. The molecule has 1 aliphatic rings. The number of hydrogen-bond donors (Lipinski definition) is 2. The van der Waals surface area contributed by atoms with E-state index in [1.54, 1.807) is 38.5 Å². The summed E-state index contributed by atoms with van der Waals surface area (Å²) in [6.45, 7) is 1.51. The SMILES string of the molecule is COc1ccc(C2=NN(C(C)=O)C(c3ccc(NC(=S)Nc4ccc(C#N)cc4)cc3)C2)cc1OC. The van der Waals surface area contributed by atoms with Crippen LogP contribution in [-0.4, -0.2) is 36.0 Å². The van der Waals surface area contributed by atoms with Crippen molar-refractivity contribution in [2.75, 3.05) is 24.9 Å². The van der Waals surface area contributed by atoms with Crippen LogP contribution >= 0.6 is 12.2 Å². The highest BCUT2D eigenvalue weighted by Crippen LogP contribution is 2.35. The lowest BCUT2D eigenvalue weighted by Crippen LogP contribution is -2.24. The molecule has 3 aromatic rings. The maximum atomic E-state index is 12.4. The Bertz CT molecular complexity index is 1350. The van der Waals surface area contributed by atoms with Gasteiger partial charge >= 0.3 is 0 Å². The van der Waals surface area contributed by atoms with Gasteiger partial charge in [-0.15, -0.1) is 0 Å². The summed E-state index contributed by atoms with van der Waals surface area (Å²) in [5, 5.41) is 21.7. The Morgan fingerprint density at radius 2 is 1.61 bits per heavy atom. The Morgan fingerprint density at radius 1 is 1.00 bits per heavy atom. The molecule has 0 fully saturated rings. The van der Waals surface area contributed by atoms with E-state index in [-0.39, 0.29) is 11.9 Å². The van der Waals surface area contributed by atoms with Gasteiger partial charge in [-0.3, -0.25) is 4.79 Å². The van der Waals surface area contributed by atoms with Gasteiger partial charge in [0, 0.05) is 30.3 Å². The van der Waals surface area contributed by atoms with Crippen LogP contribution in [0.2, 0.25) is 0 Å². The maximum absolute atomic E-state index is 12.4. The van der Waals surface area contributed by atoms with Gasteiger partial charge in [0.2, 0.25) is 5.91 Å². The van der Waals surface area contributed by atoms with Gasteiger partial charge in [-0.1, -0.05) is 12.1 Å². The monoisotopic (exact) mass is 499 g/mol. The van der Waals surface area contributed by atoms with Crippen molar-refractivity contribution in [3.63, 3.8) is 0 Å². The number of nitrogens with zero attached hydrogens (tertiary/aromatic N) is 3. The number of carbonyl (C=O) groups is 1. The fourth-order valence-corrected chi connectivity index (χ4v) is 4.20. The van der Waals surface area contributed by atoms with E-state index in [1.807, 2.05) is 42.5 Å². The first-order valence-electron chi connectivity index (χ1n) is 11.2. The minimum Gasteiger partial charge on any atom is -0.493 e. The van der Waals surface area contributed by atoms with Crippen molar-refractivity contribution < 1.29 is 14.3 Å². The first-order valence-corrected chi connectivity index (χ1v) is 11.6. The molecule has 0 aromatic heterocycles. The fourth-order valence-electron chi connectivity index (χ4n) is 3.96. The van der Waals surface area contributed by atoms with Crippen LogP contribution in [0.3, 0.4) is 0 Å². The number of carbonyl (C=O) groups excluding carboxylic acids is 1. The maximum Gasteiger partial charge on any atom is 0.240 e. The summed E-state index contributed by atoms with van der Waals surface area (Å²) in [6, 6.07) is 22.3. The Kier molecular flexibility index (Phi) is 7.47. The molecule has 1 atom stereocenters. The molecule has 0 saturated carbocycles. The Labute approximate surface area is 215 Å². The van der Waals surface area contributed by atoms with Gasteiger partial charge in [0.1, 0.15) is 0 Å². The number of nitriles is 1. The minimum absolute atomic E-state index is 0.134. The van der Waals surface area contributed by atoms with E-state index in [9.17, 15) is 4.79 Å². The molecule has 1 amide bonds. The molecule has 0 radical (unpaired) electrons. The number of rotatable bonds is 6. The van der Waals surface area contributed by atoms with E-state index < -0.39 is 0 Å². The highest BCUT2D eigenvalue weighted by atomic mass is 32.1. The molecule has 9 heteroatoms. The third-order valence-electron chi connectivity index (χ3n) is 5.77. The molecule has 1 heterocycles. The second-order valence-corrected chi connectivity index (χ2v) is 8.50. The smallest absolute Gasteiger partial charge is 0.240 e. The number of hydrazone groups is 1. The fraction of sp³-hybridized carbons (Fsp3) is 0.185. The first kappa shape index (κ1) is 24.7. The van der Waals surface area contributed by atoms with Crippen molar-refractivity contribution >= 4 is 40.3 Å². The highest BCUT2D eigenvalue weighted by molar-refractivity contribution is 7.80. The molecule has 1 aliphatic heterocycles. The van der Waals surface area contributed by atoms with Gasteiger partial charge in [-0.25, -0.2) is 5.01 Å². The molecule has 0 saturated heterocycles. The van der Waals surface area contributed by atoms with Crippen LogP contribution in [0.4, 0.5) is 11.4 Å². The predicted octanol–water partition coefficient (Wildman–Crippen LogP) is 5.08. The molecule has 4 rings (SSSR count). The number of thiocarbonyl (C=S) groups is 1. The first-order chi connectivity index (χ1) is 17.4. The molecular weight excluding hydrogens is 474 g/mol. The lowest BCUT2D eigenvalue weighted by Gasteiger charge is -2.21. The molecule has 0 spiro atoms. The zero-order chi connectivity index (χ0) is 25.7. The third kappa shape index (κ3) is 5.45. The normalized spacial score (nSPS) is 14.4. The quantitative estimate of drug-likeness (QED) is 0.456. The second-order valence-electron chi connectivity index (χ2n) is 8.09. The van der Waals surface area contributed by atoms with Crippen LogP contribution in [0.5, 0.6) is 11.5 Å². The Balaban J connectivity index is 1.46. The van der Waals surface area contributed by atoms with Crippen LogP contribution < -0.4 is 20.1 Å². The van der Waals surface area contributed by atoms with Gasteiger partial charge in [0.15, 0.2) is 16.6 Å². The van der Waals surface area contributed by atoms with Crippen LogP contribution in [0.25, 0.3) is 0 Å². The number of ether oxygens (including phenoxy) is 2. The molecule has 0 bridgehead atoms. The van der Waals surface area contributed by atoms with Crippen molar-refractivity contribution in [3.05, 3.63) is 83.4 Å². The van der Waals surface area contributed by atoms with Crippen molar-refractivity contribution in [2.45, 2.75) is 19.4 Å². The zero-order valence-corrected chi connectivity index (χ0v) is 20.9.